The van der Waals surface area contributed by atoms with Gasteiger partial charge in [0.2, 0.25) is 0 Å². The Kier molecular flexibility index (Phi) is 6.28. The molecule has 53 valence electrons. The highest BCUT2D eigenvalue weighted by molar-refractivity contribution is 7.99. The quantitative estimate of drug-likeness (QED) is 0.545. The molecule has 0 spiro atoms. The van der Waals surface area contributed by atoms with Gasteiger partial charge >= 0.3 is 0 Å². The van der Waals surface area contributed by atoms with Crippen LogP contribution < -0.4 is 0 Å². The smallest absolute Gasteiger partial charge is 0.0221 e. The van der Waals surface area contributed by atoms with Gasteiger partial charge in [0.25, 0.3) is 0 Å². The summed E-state index contributed by atoms with van der Waals surface area (Å²) in [5.41, 5.74) is 0. The number of hydrogen-bond donors (Lipinski definition) is 0. The molecule has 1 atom stereocenters. The monoisotopic (exact) mass is 143 g/mol. The Labute approximate surface area is 62.7 Å². The minimum absolute atomic E-state index is 0.701. The molecule has 0 rings (SSSR count). The third-order valence-electron chi connectivity index (χ3n) is 1.22. The van der Waals surface area contributed by atoms with Gasteiger partial charge in [-0.2, -0.15) is 11.8 Å². The lowest BCUT2D eigenvalue weighted by Gasteiger charge is -2.03. The number of allylic oxidation sites excluding steroid dienone is 1. The molecule has 0 aromatic heterocycles. The van der Waals surface area contributed by atoms with Crippen molar-refractivity contribution in [3.63, 3.8) is 0 Å². The van der Waals surface area contributed by atoms with Crippen molar-refractivity contribution in [1.29, 1.82) is 0 Å². The first-order valence-corrected chi connectivity index (χ1v) is 4.62. The largest absolute Gasteiger partial charge is 0.158 e. The summed E-state index contributed by atoms with van der Waals surface area (Å²) in [5, 5.41) is 0.701. The van der Waals surface area contributed by atoms with Crippen LogP contribution in [0.1, 0.15) is 19.8 Å². The van der Waals surface area contributed by atoms with E-state index >= 15 is 0 Å². The van der Waals surface area contributed by atoms with Gasteiger partial charge in [0, 0.05) is 5.25 Å². The molecular formula is C8H15S. The van der Waals surface area contributed by atoms with Gasteiger partial charge in [-0.15, -0.1) is 0 Å². The molecule has 0 bridgehead atoms. The highest BCUT2D eigenvalue weighted by atomic mass is 32.2. The fourth-order valence-electron chi connectivity index (χ4n) is 0.629. The van der Waals surface area contributed by atoms with Crippen LogP contribution in [0.2, 0.25) is 0 Å². The topological polar surface area (TPSA) is 0 Å². The maximum Gasteiger partial charge on any atom is 0.0221 e. The predicted molar refractivity (Wildman–Crippen MR) is 46.7 cm³/mol. The molecule has 1 radical (unpaired) electrons. The molecule has 0 aliphatic heterocycles. The molecule has 0 nitrogen and oxygen atoms in total. The first kappa shape index (κ1) is 9.09. The standard InChI is InChI=1S/C8H15S/c1-4-6-7-8(5-2)9-3/h6-8H,1,4-5H2,2-3H3. The third kappa shape index (κ3) is 4.58. The predicted octanol–water partition coefficient (Wildman–Crippen LogP) is 2.91. The van der Waals surface area contributed by atoms with E-state index in [1.54, 1.807) is 0 Å². The Morgan fingerprint density at radius 1 is 1.67 bits per heavy atom. The maximum absolute atomic E-state index is 3.73. The highest BCUT2D eigenvalue weighted by Gasteiger charge is 1.94. The molecule has 0 saturated heterocycles. The van der Waals surface area contributed by atoms with Crippen molar-refractivity contribution in [3.8, 4) is 0 Å². The van der Waals surface area contributed by atoms with Gasteiger partial charge in [-0.25, -0.2) is 0 Å². The molecule has 0 heterocycles. The maximum atomic E-state index is 3.73. The van der Waals surface area contributed by atoms with Crippen LogP contribution in [0.3, 0.4) is 0 Å². The number of hydrogen-bond acceptors (Lipinski definition) is 1. The van der Waals surface area contributed by atoms with Gasteiger partial charge in [-0.05, 0) is 26.0 Å². The van der Waals surface area contributed by atoms with E-state index in [0.29, 0.717) is 5.25 Å². The van der Waals surface area contributed by atoms with E-state index in [0.717, 1.165) is 6.42 Å². The molecule has 0 aliphatic carbocycles. The van der Waals surface area contributed by atoms with Crippen molar-refractivity contribution in [1.82, 2.24) is 0 Å². The normalized spacial score (nSPS) is 14.6. The fraction of sp³-hybridized carbons (Fsp3) is 0.625. The van der Waals surface area contributed by atoms with E-state index in [-0.39, 0.29) is 0 Å². The number of thioether (sulfide) groups is 1. The van der Waals surface area contributed by atoms with Crippen molar-refractivity contribution in [2.24, 2.45) is 0 Å². The average molecular weight is 143 g/mol. The van der Waals surface area contributed by atoms with Crippen LogP contribution in [0, 0.1) is 6.92 Å². The molecule has 0 N–H and O–H groups in total. The second-order valence-electron chi connectivity index (χ2n) is 1.90. The molecule has 9 heavy (non-hydrogen) atoms. The van der Waals surface area contributed by atoms with Crippen molar-refractivity contribution < 1.29 is 0 Å². The Balaban J connectivity index is 3.41. The van der Waals surface area contributed by atoms with E-state index < -0.39 is 0 Å². The summed E-state index contributed by atoms with van der Waals surface area (Å²) in [4.78, 5) is 0. The SMILES string of the molecule is [CH2]CC=CC(CC)SC. The van der Waals surface area contributed by atoms with Gasteiger partial charge in [0.05, 0.1) is 0 Å². The Hall–Kier alpha value is 0.0900. The Bertz CT molecular complexity index is 72.6. The van der Waals surface area contributed by atoms with Crippen LogP contribution in [0.25, 0.3) is 0 Å². The van der Waals surface area contributed by atoms with Crippen molar-refractivity contribution in [2.75, 3.05) is 6.26 Å². The molecule has 0 aromatic rings. The van der Waals surface area contributed by atoms with Crippen LogP contribution in [0.15, 0.2) is 12.2 Å². The zero-order valence-corrected chi connectivity index (χ0v) is 7.08. The Morgan fingerprint density at radius 2 is 2.33 bits per heavy atom. The van der Waals surface area contributed by atoms with Crippen molar-refractivity contribution >= 4 is 11.8 Å². The molecule has 0 aliphatic rings. The summed E-state index contributed by atoms with van der Waals surface area (Å²) in [7, 11) is 0. The lowest BCUT2D eigenvalue weighted by molar-refractivity contribution is 0.975. The van der Waals surface area contributed by atoms with Gasteiger partial charge in [-0.3, -0.25) is 0 Å². The first-order chi connectivity index (χ1) is 4.35. The third-order valence-corrected chi connectivity index (χ3v) is 2.32. The summed E-state index contributed by atoms with van der Waals surface area (Å²) >= 11 is 1.90. The van der Waals surface area contributed by atoms with E-state index in [2.05, 4.69) is 32.3 Å². The molecule has 0 saturated carbocycles. The molecule has 0 aromatic carbocycles. The van der Waals surface area contributed by atoms with E-state index in [9.17, 15) is 0 Å². The fourth-order valence-corrected chi connectivity index (χ4v) is 1.23. The summed E-state index contributed by atoms with van der Waals surface area (Å²) in [6.07, 6.45) is 8.64. The van der Waals surface area contributed by atoms with E-state index in [4.69, 9.17) is 0 Å². The zero-order chi connectivity index (χ0) is 7.11. The molecule has 0 fully saturated rings. The summed E-state index contributed by atoms with van der Waals surface area (Å²) in [6.45, 7) is 5.93. The second-order valence-corrected chi connectivity index (χ2v) is 2.98. The summed E-state index contributed by atoms with van der Waals surface area (Å²) in [6, 6.07) is 0. The van der Waals surface area contributed by atoms with Crippen LogP contribution >= 0.6 is 11.8 Å². The minimum atomic E-state index is 0.701. The average Bonchev–Trinajstić information content (AvgIpc) is 1.91. The van der Waals surface area contributed by atoms with Crippen LogP contribution in [-0.4, -0.2) is 11.5 Å². The summed E-state index contributed by atoms with van der Waals surface area (Å²) < 4.78 is 0. The van der Waals surface area contributed by atoms with E-state index in [1.807, 2.05) is 11.8 Å². The molecule has 1 heteroatoms. The first-order valence-electron chi connectivity index (χ1n) is 3.33. The molecule has 0 amide bonds. The second kappa shape index (κ2) is 6.21. The van der Waals surface area contributed by atoms with Gasteiger partial charge in [0.1, 0.15) is 0 Å². The minimum Gasteiger partial charge on any atom is -0.158 e. The van der Waals surface area contributed by atoms with Gasteiger partial charge in [0.15, 0.2) is 0 Å². The number of rotatable bonds is 4. The lowest BCUT2D eigenvalue weighted by atomic mass is 10.3. The summed E-state index contributed by atoms with van der Waals surface area (Å²) in [5.74, 6) is 0. The Morgan fingerprint density at radius 3 is 2.67 bits per heavy atom. The van der Waals surface area contributed by atoms with Crippen LogP contribution in [-0.2, 0) is 0 Å². The van der Waals surface area contributed by atoms with Crippen molar-refractivity contribution in [3.05, 3.63) is 19.1 Å². The van der Waals surface area contributed by atoms with Crippen LogP contribution in [0.5, 0.6) is 0 Å². The van der Waals surface area contributed by atoms with Crippen molar-refractivity contribution in [2.45, 2.75) is 25.0 Å². The molecule has 1 unspecified atom stereocenters. The van der Waals surface area contributed by atoms with Gasteiger partial charge in [-0.1, -0.05) is 19.1 Å². The van der Waals surface area contributed by atoms with Crippen LogP contribution in [0.4, 0.5) is 0 Å². The van der Waals surface area contributed by atoms with Gasteiger partial charge < -0.3 is 0 Å². The highest BCUT2D eigenvalue weighted by Crippen LogP contribution is 2.11. The lowest BCUT2D eigenvalue weighted by Crippen LogP contribution is -1.92. The zero-order valence-electron chi connectivity index (χ0n) is 6.26. The molecular weight excluding hydrogens is 128 g/mol. The van der Waals surface area contributed by atoms with E-state index in [1.165, 1.54) is 6.42 Å².